The summed E-state index contributed by atoms with van der Waals surface area (Å²) in [6, 6.07) is -0.445. The van der Waals surface area contributed by atoms with Gasteiger partial charge < -0.3 is 9.84 Å². The lowest BCUT2D eigenvalue weighted by molar-refractivity contribution is -0.138. The van der Waals surface area contributed by atoms with E-state index in [1.165, 1.54) is 0 Å². The molecular formula is C12H23NO5S. The van der Waals surface area contributed by atoms with Gasteiger partial charge in [-0.25, -0.2) is 8.42 Å². The van der Waals surface area contributed by atoms with Crippen molar-refractivity contribution in [2.75, 3.05) is 31.2 Å². The summed E-state index contributed by atoms with van der Waals surface area (Å²) in [4.78, 5) is 12.7. The van der Waals surface area contributed by atoms with Crippen LogP contribution in [0.15, 0.2) is 0 Å². The summed E-state index contributed by atoms with van der Waals surface area (Å²) in [5.74, 6) is -0.947. The van der Waals surface area contributed by atoms with Gasteiger partial charge in [0, 0.05) is 19.1 Å². The zero-order chi connectivity index (χ0) is 14.7. The lowest BCUT2D eigenvalue weighted by atomic mass is 10.2. The zero-order valence-electron chi connectivity index (χ0n) is 11.8. The van der Waals surface area contributed by atoms with Crippen LogP contribution < -0.4 is 0 Å². The summed E-state index contributed by atoms with van der Waals surface area (Å²) >= 11 is 0. The third-order valence-electron chi connectivity index (χ3n) is 2.98. The molecule has 19 heavy (non-hydrogen) atoms. The Bertz CT molecular complexity index is 412. The van der Waals surface area contributed by atoms with Crippen LogP contribution in [-0.2, 0) is 19.4 Å². The minimum absolute atomic E-state index is 0.0746. The molecule has 1 aliphatic rings. The number of sulfone groups is 1. The van der Waals surface area contributed by atoms with Gasteiger partial charge in [0.25, 0.3) is 0 Å². The summed E-state index contributed by atoms with van der Waals surface area (Å²) in [6.45, 7) is 7.26. The second-order valence-electron chi connectivity index (χ2n) is 5.86. The van der Waals surface area contributed by atoms with Crippen molar-refractivity contribution in [2.24, 2.45) is 0 Å². The van der Waals surface area contributed by atoms with Crippen molar-refractivity contribution in [3.05, 3.63) is 0 Å². The molecule has 0 saturated carbocycles. The Morgan fingerprint density at radius 2 is 2.05 bits per heavy atom. The fraction of sp³-hybridized carbons (Fsp3) is 0.917. The molecule has 1 N–H and O–H groups in total. The van der Waals surface area contributed by atoms with Crippen LogP contribution >= 0.6 is 0 Å². The maximum absolute atomic E-state index is 11.6. The van der Waals surface area contributed by atoms with Crippen molar-refractivity contribution in [3.8, 4) is 0 Å². The molecule has 1 fully saturated rings. The number of nitrogens with zero attached hydrogens (tertiary/aromatic N) is 1. The molecule has 0 aromatic heterocycles. The van der Waals surface area contributed by atoms with Crippen LogP contribution in [0.25, 0.3) is 0 Å². The first-order valence-electron chi connectivity index (χ1n) is 6.39. The molecule has 1 atom stereocenters. The maximum atomic E-state index is 11.6. The van der Waals surface area contributed by atoms with Crippen molar-refractivity contribution in [1.29, 1.82) is 0 Å². The van der Waals surface area contributed by atoms with E-state index in [2.05, 4.69) is 0 Å². The van der Waals surface area contributed by atoms with E-state index >= 15 is 0 Å². The van der Waals surface area contributed by atoms with E-state index in [1.54, 1.807) is 0 Å². The van der Waals surface area contributed by atoms with E-state index in [9.17, 15) is 13.2 Å². The number of rotatable bonds is 5. The fourth-order valence-electron chi connectivity index (χ4n) is 2.07. The number of carboxylic acid groups (broad SMARTS) is 1. The van der Waals surface area contributed by atoms with E-state index in [1.807, 2.05) is 25.7 Å². The predicted molar refractivity (Wildman–Crippen MR) is 72.0 cm³/mol. The first kappa shape index (κ1) is 16.4. The van der Waals surface area contributed by atoms with Crippen molar-refractivity contribution < 1.29 is 23.1 Å². The lowest BCUT2D eigenvalue weighted by Crippen LogP contribution is -2.50. The fourth-order valence-corrected chi connectivity index (χ4v) is 3.67. The van der Waals surface area contributed by atoms with Gasteiger partial charge in [-0.1, -0.05) is 0 Å². The smallest absolute Gasteiger partial charge is 0.304 e. The second-order valence-corrected chi connectivity index (χ2v) is 8.09. The summed E-state index contributed by atoms with van der Waals surface area (Å²) < 4.78 is 28.7. The van der Waals surface area contributed by atoms with Crippen LogP contribution in [0, 0.1) is 0 Å². The van der Waals surface area contributed by atoms with Crippen LogP contribution in [0.4, 0.5) is 0 Å². The van der Waals surface area contributed by atoms with E-state index in [0.29, 0.717) is 19.7 Å². The Labute approximate surface area is 114 Å². The Hall–Kier alpha value is -0.660. The van der Waals surface area contributed by atoms with Gasteiger partial charge in [-0.3, -0.25) is 9.69 Å². The predicted octanol–water partition coefficient (Wildman–Crippen LogP) is 0.375. The molecule has 1 heterocycles. The van der Waals surface area contributed by atoms with Crippen molar-refractivity contribution in [3.63, 3.8) is 0 Å². The van der Waals surface area contributed by atoms with Crippen LogP contribution in [0.2, 0.25) is 0 Å². The normalized spacial score (nSPS) is 24.3. The van der Waals surface area contributed by atoms with Crippen molar-refractivity contribution >= 4 is 15.8 Å². The Morgan fingerprint density at radius 1 is 1.42 bits per heavy atom. The van der Waals surface area contributed by atoms with Gasteiger partial charge in [0.1, 0.15) is 0 Å². The highest BCUT2D eigenvalue weighted by molar-refractivity contribution is 7.91. The molecule has 0 aromatic carbocycles. The molecule has 1 rings (SSSR count). The molecule has 0 spiro atoms. The molecular weight excluding hydrogens is 270 g/mol. The highest BCUT2D eigenvalue weighted by atomic mass is 32.2. The first-order valence-corrected chi connectivity index (χ1v) is 8.21. The molecule has 0 amide bonds. The number of carbonyl (C=O) groups is 1. The van der Waals surface area contributed by atoms with E-state index < -0.39 is 21.8 Å². The maximum Gasteiger partial charge on any atom is 0.304 e. The monoisotopic (exact) mass is 293 g/mol. The van der Waals surface area contributed by atoms with Gasteiger partial charge in [-0.15, -0.1) is 0 Å². The number of aliphatic carboxylic acids is 1. The number of hydrogen-bond donors (Lipinski definition) is 1. The quantitative estimate of drug-likeness (QED) is 0.788. The van der Waals surface area contributed by atoms with Crippen molar-refractivity contribution in [2.45, 2.75) is 38.8 Å². The molecule has 0 aliphatic carbocycles. The van der Waals surface area contributed by atoms with Crippen LogP contribution in [-0.4, -0.2) is 67.2 Å². The first-order chi connectivity index (χ1) is 8.59. The molecule has 112 valence electrons. The van der Waals surface area contributed by atoms with Gasteiger partial charge in [-0.05, 0) is 20.8 Å². The summed E-state index contributed by atoms with van der Waals surface area (Å²) in [7, 11) is -3.11. The number of hydrogen-bond acceptors (Lipinski definition) is 5. The highest BCUT2D eigenvalue weighted by Crippen LogP contribution is 2.15. The summed E-state index contributed by atoms with van der Waals surface area (Å²) in [5.41, 5.74) is -0.246. The van der Waals surface area contributed by atoms with Crippen molar-refractivity contribution in [1.82, 2.24) is 4.90 Å². The number of ether oxygens (including phenoxy) is 1. The molecule has 1 unspecified atom stereocenters. The van der Waals surface area contributed by atoms with Gasteiger partial charge >= 0.3 is 5.97 Å². The topological polar surface area (TPSA) is 83.9 Å². The second kappa shape index (κ2) is 6.19. The molecule has 1 aliphatic heterocycles. The summed E-state index contributed by atoms with van der Waals surface area (Å²) in [6.07, 6.45) is -0.144. The highest BCUT2D eigenvalue weighted by Gasteiger charge is 2.32. The van der Waals surface area contributed by atoms with E-state index in [0.717, 1.165) is 0 Å². The minimum atomic E-state index is -3.11. The third-order valence-corrected chi connectivity index (χ3v) is 4.67. The van der Waals surface area contributed by atoms with Gasteiger partial charge in [0.15, 0.2) is 9.84 Å². The zero-order valence-corrected chi connectivity index (χ0v) is 12.6. The summed E-state index contributed by atoms with van der Waals surface area (Å²) in [5, 5.41) is 8.86. The van der Waals surface area contributed by atoms with E-state index in [-0.39, 0.29) is 23.5 Å². The Balaban J connectivity index is 2.56. The Kier molecular flexibility index (Phi) is 5.34. The van der Waals surface area contributed by atoms with Crippen LogP contribution in [0.3, 0.4) is 0 Å². The molecule has 1 saturated heterocycles. The average molecular weight is 293 g/mol. The number of carboxylic acids is 1. The van der Waals surface area contributed by atoms with Crippen LogP contribution in [0.5, 0.6) is 0 Å². The molecule has 6 nitrogen and oxygen atoms in total. The van der Waals surface area contributed by atoms with E-state index in [4.69, 9.17) is 9.84 Å². The third kappa shape index (κ3) is 6.35. The van der Waals surface area contributed by atoms with Gasteiger partial charge in [-0.2, -0.15) is 0 Å². The molecule has 0 aromatic rings. The average Bonchev–Trinajstić information content (AvgIpc) is 2.18. The van der Waals surface area contributed by atoms with Gasteiger partial charge in [0.05, 0.1) is 30.1 Å². The molecule has 7 heteroatoms. The van der Waals surface area contributed by atoms with Gasteiger partial charge in [0.2, 0.25) is 0 Å². The molecule has 0 bridgehead atoms. The molecule has 0 radical (unpaired) electrons. The van der Waals surface area contributed by atoms with Crippen LogP contribution in [0.1, 0.15) is 27.2 Å². The largest absolute Gasteiger partial charge is 0.481 e. The minimum Gasteiger partial charge on any atom is -0.481 e. The lowest BCUT2D eigenvalue weighted by Gasteiger charge is -2.35. The Morgan fingerprint density at radius 3 is 2.58 bits per heavy atom. The SMILES string of the molecule is CC(C)(C)OCCN1CCS(=O)(=O)CC1CC(=O)O. The standard InChI is InChI=1S/C12H23NO5S/c1-12(2,3)18-6-4-13-5-7-19(16,17)9-10(13)8-11(14)15/h10H,4-9H2,1-3H3,(H,14,15).